The lowest BCUT2D eigenvalue weighted by atomic mass is 9.85. The number of carboxylic acid groups (broad SMARTS) is 1. The van der Waals surface area contributed by atoms with Gasteiger partial charge in [-0.25, -0.2) is 0 Å². The summed E-state index contributed by atoms with van der Waals surface area (Å²) in [6.07, 6.45) is 4.00. The number of rotatable bonds is 4. The van der Waals surface area contributed by atoms with Crippen LogP contribution in [-0.2, 0) is 9.59 Å². The summed E-state index contributed by atoms with van der Waals surface area (Å²) < 4.78 is 0. The van der Waals surface area contributed by atoms with Crippen molar-refractivity contribution >= 4 is 11.9 Å². The molecule has 1 aromatic carbocycles. The number of carbonyl (C=O) groups excluding carboxylic acids is 1. The number of carboxylic acids is 1. The molecule has 0 aromatic heterocycles. The first-order chi connectivity index (χ1) is 10.1. The largest absolute Gasteiger partial charge is 0.481 e. The average molecular weight is 287 g/mol. The van der Waals surface area contributed by atoms with Crippen LogP contribution in [0.1, 0.15) is 43.6 Å². The number of aliphatic carboxylic acids is 1. The Labute approximate surface area is 124 Å². The average Bonchev–Trinajstić information content (AvgIpc) is 3.29. The van der Waals surface area contributed by atoms with Crippen LogP contribution in [-0.4, -0.2) is 23.0 Å². The van der Waals surface area contributed by atoms with Crippen LogP contribution < -0.4 is 5.32 Å². The topological polar surface area (TPSA) is 66.4 Å². The Morgan fingerprint density at radius 3 is 2.57 bits per heavy atom. The molecule has 4 atom stereocenters. The van der Waals surface area contributed by atoms with Gasteiger partial charge in [-0.15, -0.1) is 0 Å². The lowest BCUT2D eigenvalue weighted by Crippen LogP contribution is -2.40. The number of hydrogen-bond donors (Lipinski definition) is 2. The minimum Gasteiger partial charge on any atom is -0.481 e. The number of amides is 1. The minimum atomic E-state index is -0.734. The lowest BCUT2D eigenvalue weighted by Gasteiger charge is -2.27. The van der Waals surface area contributed by atoms with Crippen molar-refractivity contribution in [3.8, 4) is 0 Å². The summed E-state index contributed by atoms with van der Waals surface area (Å²) in [6, 6.07) is 10.2. The molecule has 2 saturated carbocycles. The molecule has 0 radical (unpaired) electrons. The van der Waals surface area contributed by atoms with Gasteiger partial charge in [-0.1, -0.05) is 36.8 Å². The number of benzene rings is 1. The number of nitrogens with one attached hydrogen (secondary N) is 1. The molecule has 112 valence electrons. The molecule has 4 unspecified atom stereocenters. The molecule has 4 heteroatoms. The third-order valence-corrected chi connectivity index (χ3v) is 4.72. The van der Waals surface area contributed by atoms with Crippen molar-refractivity contribution < 1.29 is 14.7 Å². The van der Waals surface area contributed by atoms with E-state index in [0.717, 1.165) is 25.7 Å². The van der Waals surface area contributed by atoms with E-state index < -0.39 is 5.97 Å². The first kappa shape index (κ1) is 14.1. The molecule has 1 amide bonds. The van der Waals surface area contributed by atoms with Gasteiger partial charge < -0.3 is 10.4 Å². The fraction of sp³-hybridized carbons (Fsp3) is 0.529. The van der Waals surface area contributed by atoms with Gasteiger partial charge in [0, 0.05) is 12.0 Å². The van der Waals surface area contributed by atoms with E-state index in [1.54, 1.807) is 0 Å². The zero-order chi connectivity index (χ0) is 14.8. The van der Waals surface area contributed by atoms with Gasteiger partial charge in [0.25, 0.3) is 0 Å². The van der Waals surface area contributed by atoms with E-state index in [2.05, 4.69) is 17.4 Å². The second kappa shape index (κ2) is 5.88. The highest BCUT2D eigenvalue weighted by molar-refractivity contribution is 5.83. The summed E-state index contributed by atoms with van der Waals surface area (Å²) in [5.74, 6) is -0.529. The third kappa shape index (κ3) is 3.26. The van der Waals surface area contributed by atoms with Gasteiger partial charge in [-0.3, -0.25) is 9.59 Å². The summed E-state index contributed by atoms with van der Waals surface area (Å²) in [5, 5.41) is 12.2. The van der Waals surface area contributed by atoms with Gasteiger partial charge in [0.2, 0.25) is 5.91 Å². The van der Waals surface area contributed by atoms with E-state index >= 15 is 0 Å². The Morgan fingerprint density at radius 1 is 1.10 bits per heavy atom. The monoisotopic (exact) mass is 287 g/mol. The molecule has 0 heterocycles. The molecule has 2 fully saturated rings. The Kier molecular flexibility index (Phi) is 3.95. The van der Waals surface area contributed by atoms with Crippen LogP contribution >= 0.6 is 0 Å². The smallest absolute Gasteiger partial charge is 0.306 e. The Hall–Kier alpha value is -1.84. The van der Waals surface area contributed by atoms with Crippen molar-refractivity contribution in [3.63, 3.8) is 0 Å². The predicted molar refractivity (Wildman–Crippen MR) is 78.8 cm³/mol. The fourth-order valence-electron chi connectivity index (χ4n) is 3.41. The normalized spacial score (nSPS) is 31.4. The van der Waals surface area contributed by atoms with Crippen LogP contribution in [0, 0.1) is 11.8 Å². The molecular weight excluding hydrogens is 266 g/mol. The molecule has 1 aromatic rings. The SMILES string of the molecule is O=C(O)C1CCCC(NC(=O)C2CC2c2ccccc2)C1. The summed E-state index contributed by atoms with van der Waals surface area (Å²) in [4.78, 5) is 23.3. The van der Waals surface area contributed by atoms with Crippen LogP contribution in [0.2, 0.25) is 0 Å². The molecule has 2 aliphatic carbocycles. The standard InChI is InChI=1S/C17H21NO3/c19-16(15-10-14(15)11-5-2-1-3-6-11)18-13-8-4-7-12(9-13)17(20)21/h1-3,5-6,12-15H,4,7-10H2,(H,18,19)(H,20,21). The maximum absolute atomic E-state index is 12.3. The van der Waals surface area contributed by atoms with E-state index in [1.807, 2.05) is 18.2 Å². The van der Waals surface area contributed by atoms with Crippen LogP contribution in [0.5, 0.6) is 0 Å². The van der Waals surface area contributed by atoms with Gasteiger partial charge in [0.1, 0.15) is 0 Å². The second-order valence-corrected chi connectivity index (χ2v) is 6.27. The number of carbonyl (C=O) groups is 2. The van der Waals surface area contributed by atoms with Crippen molar-refractivity contribution in [1.82, 2.24) is 5.32 Å². The van der Waals surface area contributed by atoms with Crippen LogP contribution in [0.4, 0.5) is 0 Å². The summed E-state index contributed by atoms with van der Waals surface area (Å²) in [6.45, 7) is 0. The van der Waals surface area contributed by atoms with Crippen molar-refractivity contribution in [3.05, 3.63) is 35.9 Å². The molecular formula is C17H21NO3. The molecule has 2 N–H and O–H groups in total. The maximum atomic E-state index is 12.3. The molecule has 0 aliphatic heterocycles. The fourth-order valence-corrected chi connectivity index (χ4v) is 3.41. The van der Waals surface area contributed by atoms with Gasteiger partial charge in [0.15, 0.2) is 0 Å². The highest BCUT2D eigenvalue weighted by atomic mass is 16.4. The molecule has 0 saturated heterocycles. The Morgan fingerprint density at radius 2 is 1.86 bits per heavy atom. The third-order valence-electron chi connectivity index (χ3n) is 4.72. The lowest BCUT2D eigenvalue weighted by molar-refractivity contribution is -0.143. The highest BCUT2D eigenvalue weighted by Crippen LogP contribution is 2.47. The first-order valence-corrected chi connectivity index (χ1v) is 7.73. The molecule has 2 aliphatic rings. The van der Waals surface area contributed by atoms with Crippen LogP contribution in [0.15, 0.2) is 30.3 Å². The van der Waals surface area contributed by atoms with Crippen LogP contribution in [0.3, 0.4) is 0 Å². The summed E-state index contributed by atoms with van der Waals surface area (Å²) in [7, 11) is 0. The van der Waals surface area contributed by atoms with E-state index in [-0.39, 0.29) is 23.8 Å². The van der Waals surface area contributed by atoms with Gasteiger partial charge in [-0.2, -0.15) is 0 Å². The summed E-state index contributed by atoms with van der Waals surface area (Å²) in [5.41, 5.74) is 1.23. The maximum Gasteiger partial charge on any atom is 0.306 e. The van der Waals surface area contributed by atoms with Crippen molar-refractivity contribution in [2.45, 2.75) is 44.1 Å². The Balaban J connectivity index is 1.52. The van der Waals surface area contributed by atoms with Crippen molar-refractivity contribution in [1.29, 1.82) is 0 Å². The number of hydrogen-bond acceptors (Lipinski definition) is 2. The minimum absolute atomic E-state index is 0.0318. The molecule has 0 bridgehead atoms. The zero-order valence-corrected chi connectivity index (χ0v) is 12.0. The second-order valence-electron chi connectivity index (χ2n) is 6.27. The van der Waals surface area contributed by atoms with E-state index in [4.69, 9.17) is 5.11 Å². The van der Waals surface area contributed by atoms with E-state index in [1.165, 1.54) is 5.56 Å². The van der Waals surface area contributed by atoms with Crippen LogP contribution in [0.25, 0.3) is 0 Å². The molecule has 0 spiro atoms. The molecule has 4 nitrogen and oxygen atoms in total. The van der Waals surface area contributed by atoms with Crippen molar-refractivity contribution in [2.24, 2.45) is 11.8 Å². The van der Waals surface area contributed by atoms with Gasteiger partial charge >= 0.3 is 5.97 Å². The quantitative estimate of drug-likeness (QED) is 0.894. The first-order valence-electron chi connectivity index (χ1n) is 7.73. The molecule has 3 rings (SSSR count). The van der Waals surface area contributed by atoms with E-state index in [0.29, 0.717) is 12.3 Å². The molecule has 21 heavy (non-hydrogen) atoms. The highest BCUT2D eigenvalue weighted by Gasteiger charge is 2.44. The van der Waals surface area contributed by atoms with Gasteiger partial charge in [0.05, 0.1) is 5.92 Å². The zero-order valence-electron chi connectivity index (χ0n) is 12.0. The Bertz CT molecular complexity index is 528. The van der Waals surface area contributed by atoms with Crippen molar-refractivity contribution in [2.75, 3.05) is 0 Å². The van der Waals surface area contributed by atoms with Gasteiger partial charge in [-0.05, 0) is 37.2 Å². The predicted octanol–water partition coefficient (Wildman–Crippen LogP) is 2.55. The van der Waals surface area contributed by atoms with E-state index in [9.17, 15) is 9.59 Å². The summed E-state index contributed by atoms with van der Waals surface area (Å²) >= 11 is 0.